The van der Waals surface area contributed by atoms with E-state index in [9.17, 15) is 9.59 Å². The number of likely N-dealkylation sites (N-methyl/N-ethyl adjacent to an activating group) is 1. The number of rotatable bonds is 6. The molecule has 0 saturated carbocycles. The van der Waals surface area contributed by atoms with Crippen molar-refractivity contribution in [3.05, 3.63) is 0 Å². The number of piperazine rings is 1. The summed E-state index contributed by atoms with van der Waals surface area (Å²) < 4.78 is 4.97. The Balaban J connectivity index is 2.48. The minimum Gasteiger partial charge on any atom is -0.383 e. The Morgan fingerprint density at radius 2 is 2.26 bits per heavy atom. The van der Waals surface area contributed by atoms with Crippen molar-refractivity contribution in [2.24, 2.45) is 0 Å². The Labute approximate surface area is 114 Å². The SMILES string of the molecule is CNC(=O)C1CNCCN1CC(=O)NC(C)COC. The molecule has 1 fully saturated rings. The highest BCUT2D eigenvalue weighted by molar-refractivity contribution is 5.83. The van der Waals surface area contributed by atoms with Gasteiger partial charge in [-0.05, 0) is 6.92 Å². The summed E-state index contributed by atoms with van der Waals surface area (Å²) >= 11 is 0. The van der Waals surface area contributed by atoms with Crippen molar-refractivity contribution >= 4 is 11.8 Å². The van der Waals surface area contributed by atoms with E-state index in [4.69, 9.17) is 4.74 Å². The maximum absolute atomic E-state index is 11.9. The Kier molecular flexibility index (Phi) is 6.75. The van der Waals surface area contributed by atoms with Crippen molar-refractivity contribution in [2.45, 2.75) is 19.0 Å². The monoisotopic (exact) mass is 272 g/mol. The maximum atomic E-state index is 11.9. The number of hydrogen-bond donors (Lipinski definition) is 3. The minimum atomic E-state index is -0.290. The molecule has 19 heavy (non-hydrogen) atoms. The van der Waals surface area contributed by atoms with Crippen LogP contribution in [0, 0.1) is 0 Å². The van der Waals surface area contributed by atoms with Crippen LogP contribution in [-0.4, -0.2) is 75.7 Å². The Bertz CT molecular complexity index is 311. The van der Waals surface area contributed by atoms with Crippen LogP contribution < -0.4 is 16.0 Å². The average Bonchev–Trinajstić information content (AvgIpc) is 2.38. The van der Waals surface area contributed by atoms with Gasteiger partial charge < -0.3 is 20.7 Å². The predicted octanol–water partition coefficient (Wildman–Crippen LogP) is -1.84. The molecule has 0 aromatic carbocycles. The molecule has 1 aliphatic heterocycles. The Morgan fingerprint density at radius 1 is 1.53 bits per heavy atom. The number of carbonyl (C=O) groups excluding carboxylic acids is 2. The number of nitrogens with zero attached hydrogens (tertiary/aromatic N) is 1. The molecule has 7 nitrogen and oxygen atoms in total. The second kappa shape index (κ2) is 8.08. The smallest absolute Gasteiger partial charge is 0.238 e. The molecule has 7 heteroatoms. The first-order valence-corrected chi connectivity index (χ1v) is 6.53. The third-order valence-electron chi connectivity index (χ3n) is 3.07. The predicted molar refractivity (Wildman–Crippen MR) is 71.8 cm³/mol. The molecule has 1 rings (SSSR count). The van der Waals surface area contributed by atoms with Crippen LogP contribution in [0.25, 0.3) is 0 Å². The summed E-state index contributed by atoms with van der Waals surface area (Å²) in [6, 6.07) is -0.318. The van der Waals surface area contributed by atoms with Crippen LogP contribution in [-0.2, 0) is 14.3 Å². The molecular formula is C12H24N4O3. The summed E-state index contributed by atoms with van der Waals surface area (Å²) in [5.41, 5.74) is 0. The molecule has 0 radical (unpaired) electrons. The van der Waals surface area contributed by atoms with Gasteiger partial charge in [-0.25, -0.2) is 0 Å². The summed E-state index contributed by atoms with van der Waals surface area (Å²) in [5, 5.41) is 8.63. The van der Waals surface area contributed by atoms with Gasteiger partial charge in [0.1, 0.15) is 6.04 Å². The first-order valence-electron chi connectivity index (χ1n) is 6.53. The lowest BCUT2D eigenvalue weighted by Gasteiger charge is -2.34. The number of amides is 2. The lowest BCUT2D eigenvalue weighted by Crippen LogP contribution is -2.59. The van der Waals surface area contributed by atoms with Gasteiger partial charge in [0, 0.05) is 39.8 Å². The lowest BCUT2D eigenvalue weighted by molar-refractivity contribution is -0.129. The van der Waals surface area contributed by atoms with E-state index in [1.165, 1.54) is 0 Å². The van der Waals surface area contributed by atoms with E-state index in [-0.39, 0.29) is 30.4 Å². The zero-order valence-electron chi connectivity index (χ0n) is 11.9. The maximum Gasteiger partial charge on any atom is 0.238 e. The fourth-order valence-corrected chi connectivity index (χ4v) is 2.16. The molecule has 0 aromatic rings. The highest BCUT2D eigenvalue weighted by Crippen LogP contribution is 2.03. The molecule has 2 atom stereocenters. The molecule has 2 unspecified atom stereocenters. The first-order chi connectivity index (χ1) is 9.08. The molecule has 1 saturated heterocycles. The Hall–Kier alpha value is -1.18. The van der Waals surface area contributed by atoms with Crippen molar-refractivity contribution < 1.29 is 14.3 Å². The number of hydrogen-bond acceptors (Lipinski definition) is 5. The summed E-state index contributed by atoms with van der Waals surface area (Å²) in [7, 11) is 3.20. The van der Waals surface area contributed by atoms with Crippen molar-refractivity contribution in [2.75, 3.05) is 46.9 Å². The van der Waals surface area contributed by atoms with Gasteiger partial charge in [0.25, 0.3) is 0 Å². The normalized spacial score (nSPS) is 21.7. The van der Waals surface area contributed by atoms with Crippen LogP contribution in [0.3, 0.4) is 0 Å². The lowest BCUT2D eigenvalue weighted by atomic mass is 10.1. The highest BCUT2D eigenvalue weighted by Gasteiger charge is 2.29. The zero-order valence-corrected chi connectivity index (χ0v) is 11.9. The van der Waals surface area contributed by atoms with Gasteiger partial charge in [-0.3, -0.25) is 14.5 Å². The van der Waals surface area contributed by atoms with Crippen LogP contribution in [0.5, 0.6) is 0 Å². The highest BCUT2D eigenvalue weighted by atomic mass is 16.5. The van der Waals surface area contributed by atoms with E-state index in [0.29, 0.717) is 19.7 Å². The first kappa shape index (κ1) is 15.9. The quantitative estimate of drug-likeness (QED) is 0.529. The topological polar surface area (TPSA) is 82.7 Å². The van der Waals surface area contributed by atoms with E-state index in [1.54, 1.807) is 14.2 Å². The standard InChI is InChI=1S/C12H24N4O3/c1-9(8-19-3)15-11(17)7-16-5-4-14-6-10(16)12(18)13-2/h9-10,14H,4-8H2,1-3H3,(H,13,18)(H,15,17). The number of carbonyl (C=O) groups is 2. The molecule has 0 aromatic heterocycles. The van der Waals surface area contributed by atoms with Crippen LogP contribution in [0.1, 0.15) is 6.92 Å². The number of nitrogens with one attached hydrogen (secondary N) is 3. The van der Waals surface area contributed by atoms with Crippen LogP contribution >= 0.6 is 0 Å². The molecular weight excluding hydrogens is 248 g/mol. The summed E-state index contributed by atoms with van der Waals surface area (Å²) in [6.07, 6.45) is 0. The van der Waals surface area contributed by atoms with Crippen LogP contribution in [0.15, 0.2) is 0 Å². The van der Waals surface area contributed by atoms with Gasteiger partial charge in [0.15, 0.2) is 0 Å². The second-order valence-corrected chi connectivity index (χ2v) is 4.73. The van der Waals surface area contributed by atoms with Gasteiger partial charge in [-0.2, -0.15) is 0 Å². The van der Waals surface area contributed by atoms with Gasteiger partial charge in [-0.15, -0.1) is 0 Å². The molecule has 1 heterocycles. The fourth-order valence-electron chi connectivity index (χ4n) is 2.16. The van der Waals surface area contributed by atoms with Crippen LogP contribution in [0.2, 0.25) is 0 Å². The number of ether oxygens (including phenoxy) is 1. The number of methoxy groups -OCH3 is 1. The summed E-state index contributed by atoms with van der Waals surface area (Å²) in [4.78, 5) is 25.5. The van der Waals surface area contributed by atoms with Crippen molar-refractivity contribution in [1.82, 2.24) is 20.9 Å². The minimum absolute atomic E-state index is 0.0288. The second-order valence-electron chi connectivity index (χ2n) is 4.73. The molecule has 3 N–H and O–H groups in total. The molecule has 0 bridgehead atoms. The van der Waals surface area contributed by atoms with Crippen molar-refractivity contribution in [3.8, 4) is 0 Å². The molecule has 1 aliphatic rings. The van der Waals surface area contributed by atoms with Crippen molar-refractivity contribution in [3.63, 3.8) is 0 Å². The van der Waals surface area contributed by atoms with E-state index < -0.39 is 0 Å². The zero-order chi connectivity index (χ0) is 14.3. The largest absolute Gasteiger partial charge is 0.383 e. The van der Waals surface area contributed by atoms with Gasteiger partial charge in [0.2, 0.25) is 11.8 Å². The van der Waals surface area contributed by atoms with E-state index in [1.807, 2.05) is 11.8 Å². The third-order valence-corrected chi connectivity index (χ3v) is 3.07. The average molecular weight is 272 g/mol. The van der Waals surface area contributed by atoms with Crippen LogP contribution in [0.4, 0.5) is 0 Å². The molecule has 110 valence electrons. The van der Waals surface area contributed by atoms with Gasteiger partial charge in [0.05, 0.1) is 13.2 Å². The van der Waals surface area contributed by atoms with Gasteiger partial charge in [-0.1, -0.05) is 0 Å². The fraction of sp³-hybridized carbons (Fsp3) is 0.833. The van der Waals surface area contributed by atoms with Gasteiger partial charge >= 0.3 is 0 Å². The molecule has 0 aliphatic carbocycles. The van der Waals surface area contributed by atoms with E-state index >= 15 is 0 Å². The Morgan fingerprint density at radius 3 is 2.89 bits per heavy atom. The summed E-state index contributed by atoms with van der Waals surface area (Å²) in [6.45, 7) is 4.63. The van der Waals surface area contributed by atoms with E-state index in [2.05, 4.69) is 16.0 Å². The summed E-state index contributed by atoms with van der Waals surface area (Å²) in [5.74, 6) is -0.148. The van der Waals surface area contributed by atoms with Crippen molar-refractivity contribution in [1.29, 1.82) is 0 Å². The third kappa shape index (κ3) is 5.14. The molecule has 2 amide bonds. The van der Waals surface area contributed by atoms with E-state index in [0.717, 1.165) is 6.54 Å². The molecule has 0 spiro atoms.